The maximum Gasteiger partial charge on any atom is 0.186 e. The van der Waals surface area contributed by atoms with Crippen molar-refractivity contribution in [2.24, 2.45) is 16.5 Å². The van der Waals surface area contributed by atoms with Gasteiger partial charge in [0.05, 0.1) is 17.6 Å². The lowest BCUT2D eigenvalue weighted by atomic mass is 9.90. The highest BCUT2D eigenvalue weighted by atomic mass is 15.1. The predicted molar refractivity (Wildman–Crippen MR) is 123 cm³/mol. The van der Waals surface area contributed by atoms with Gasteiger partial charge in [-0.15, -0.1) is 0 Å². The van der Waals surface area contributed by atoms with E-state index in [0.29, 0.717) is 5.82 Å². The summed E-state index contributed by atoms with van der Waals surface area (Å²) in [5.74, 6) is 1.61. The summed E-state index contributed by atoms with van der Waals surface area (Å²) in [6, 6.07) is 10.3. The zero-order valence-electron chi connectivity index (χ0n) is 17.1. The molecule has 0 bridgehead atoms. The molecule has 0 spiro atoms. The minimum Gasteiger partial charge on any atom is -0.370 e. The Morgan fingerprint density at radius 2 is 1.87 bits per heavy atom. The smallest absolute Gasteiger partial charge is 0.186 e. The van der Waals surface area contributed by atoms with Crippen molar-refractivity contribution < 1.29 is 0 Å². The first kappa shape index (κ1) is 19.8. The van der Waals surface area contributed by atoms with Crippen molar-refractivity contribution in [2.45, 2.75) is 44.7 Å². The quantitative estimate of drug-likeness (QED) is 0.445. The molecule has 0 saturated heterocycles. The Morgan fingerprint density at radius 1 is 1.07 bits per heavy atom. The summed E-state index contributed by atoms with van der Waals surface area (Å²) in [4.78, 5) is 18.1. The molecular weight excluding hydrogens is 374 g/mol. The van der Waals surface area contributed by atoms with Gasteiger partial charge >= 0.3 is 0 Å². The maximum atomic E-state index is 5.67. The summed E-state index contributed by atoms with van der Waals surface area (Å²) < 4.78 is 0. The molecule has 0 aliphatic heterocycles. The van der Waals surface area contributed by atoms with Crippen LogP contribution in [0.3, 0.4) is 0 Å². The first-order valence-electron chi connectivity index (χ1n) is 10.3. The second kappa shape index (κ2) is 8.90. The van der Waals surface area contributed by atoms with E-state index in [9.17, 15) is 0 Å². The van der Waals surface area contributed by atoms with Gasteiger partial charge in [-0.25, -0.2) is 15.0 Å². The molecule has 5 N–H and O–H groups in total. The average Bonchev–Trinajstić information content (AvgIpc) is 2.74. The number of benzene rings is 1. The first-order chi connectivity index (χ1) is 14.6. The largest absolute Gasteiger partial charge is 0.370 e. The number of hydrogen-bond acceptors (Lipinski definition) is 5. The maximum absolute atomic E-state index is 5.67. The van der Waals surface area contributed by atoms with Crippen LogP contribution in [0.2, 0.25) is 0 Å². The number of aliphatic imine (C=N–C) groups is 1. The molecule has 1 aromatic carbocycles. The van der Waals surface area contributed by atoms with Crippen LogP contribution in [0.1, 0.15) is 42.6 Å². The van der Waals surface area contributed by atoms with Crippen molar-refractivity contribution in [3.05, 3.63) is 59.7 Å². The SMILES string of the molecule is Cc1ccc2nc(/C=C\c3ccncc3)nc(NC3CCCCC3N=C(N)N)c2c1. The minimum atomic E-state index is 0.0504. The zero-order chi connectivity index (χ0) is 20.9. The topological polar surface area (TPSA) is 115 Å². The van der Waals surface area contributed by atoms with Crippen LogP contribution in [0.4, 0.5) is 5.82 Å². The number of fused-ring (bicyclic) bond motifs is 1. The molecule has 3 aromatic rings. The van der Waals surface area contributed by atoms with Gasteiger partial charge in [-0.2, -0.15) is 0 Å². The summed E-state index contributed by atoms with van der Waals surface area (Å²) in [5.41, 5.74) is 14.5. The molecule has 2 atom stereocenters. The van der Waals surface area contributed by atoms with Crippen molar-refractivity contribution in [2.75, 3.05) is 5.32 Å². The van der Waals surface area contributed by atoms with Gasteiger partial charge in [0.25, 0.3) is 0 Å². The second-order valence-electron chi connectivity index (χ2n) is 7.72. The van der Waals surface area contributed by atoms with Crippen LogP contribution in [0.5, 0.6) is 0 Å². The Morgan fingerprint density at radius 3 is 2.67 bits per heavy atom. The number of aryl methyl sites for hydroxylation is 1. The van der Waals surface area contributed by atoms with E-state index in [1.165, 1.54) is 5.56 Å². The fourth-order valence-corrected chi connectivity index (χ4v) is 3.89. The van der Waals surface area contributed by atoms with Crippen LogP contribution in [0.15, 0.2) is 47.7 Å². The number of hydrogen-bond donors (Lipinski definition) is 3. The van der Waals surface area contributed by atoms with Crippen molar-refractivity contribution in [1.29, 1.82) is 0 Å². The second-order valence-corrected chi connectivity index (χ2v) is 7.72. The van der Waals surface area contributed by atoms with Crippen LogP contribution in [-0.4, -0.2) is 33.0 Å². The molecule has 1 aliphatic carbocycles. The Bertz CT molecular complexity index is 1070. The van der Waals surface area contributed by atoms with Gasteiger partial charge in [0, 0.05) is 17.8 Å². The van der Waals surface area contributed by atoms with E-state index in [1.807, 2.05) is 30.4 Å². The molecule has 2 heterocycles. The van der Waals surface area contributed by atoms with Crippen LogP contribution < -0.4 is 16.8 Å². The van der Waals surface area contributed by atoms with E-state index in [2.05, 4.69) is 34.3 Å². The van der Waals surface area contributed by atoms with Crippen molar-refractivity contribution in [3.8, 4) is 0 Å². The number of anilines is 1. The third kappa shape index (κ3) is 4.74. The summed E-state index contributed by atoms with van der Waals surface area (Å²) in [6.45, 7) is 2.07. The highest BCUT2D eigenvalue weighted by Gasteiger charge is 2.26. The lowest BCUT2D eigenvalue weighted by molar-refractivity contribution is 0.405. The molecule has 4 rings (SSSR count). The molecule has 0 amide bonds. The molecule has 2 unspecified atom stereocenters. The van der Waals surface area contributed by atoms with Gasteiger partial charge in [-0.1, -0.05) is 30.5 Å². The van der Waals surface area contributed by atoms with Crippen LogP contribution in [0.25, 0.3) is 23.1 Å². The minimum absolute atomic E-state index is 0.0504. The number of nitrogens with one attached hydrogen (secondary N) is 1. The van der Waals surface area contributed by atoms with Crippen LogP contribution in [0, 0.1) is 6.92 Å². The normalized spacial score (nSPS) is 19.1. The van der Waals surface area contributed by atoms with Gasteiger partial charge in [-0.3, -0.25) is 4.98 Å². The van der Waals surface area contributed by atoms with Crippen LogP contribution in [-0.2, 0) is 0 Å². The van der Waals surface area contributed by atoms with E-state index in [0.717, 1.165) is 48.0 Å². The van der Waals surface area contributed by atoms with Gasteiger partial charge in [-0.05, 0) is 55.7 Å². The lowest BCUT2D eigenvalue weighted by Gasteiger charge is -2.30. The van der Waals surface area contributed by atoms with Crippen molar-refractivity contribution >= 4 is 34.8 Å². The average molecular weight is 402 g/mol. The van der Waals surface area contributed by atoms with E-state index in [4.69, 9.17) is 21.4 Å². The fourth-order valence-electron chi connectivity index (χ4n) is 3.89. The first-order valence-corrected chi connectivity index (χ1v) is 10.3. The molecule has 7 heteroatoms. The Balaban J connectivity index is 1.70. The summed E-state index contributed by atoms with van der Waals surface area (Å²) >= 11 is 0. The third-order valence-corrected chi connectivity index (χ3v) is 5.37. The number of nitrogens with zero attached hydrogens (tertiary/aromatic N) is 4. The highest BCUT2D eigenvalue weighted by Crippen LogP contribution is 2.28. The van der Waals surface area contributed by atoms with Crippen molar-refractivity contribution in [1.82, 2.24) is 15.0 Å². The number of rotatable bonds is 5. The summed E-state index contributed by atoms with van der Waals surface area (Å²) in [6.07, 6.45) is 11.7. The molecule has 154 valence electrons. The van der Waals surface area contributed by atoms with E-state index in [1.54, 1.807) is 12.4 Å². The number of pyridine rings is 1. The molecule has 1 fully saturated rings. The Kier molecular flexibility index (Phi) is 5.88. The van der Waals surface area contributed by atoms with Gasteiger partial charge in [0.15, 0.2) is 11.8 Å². The van der Waals surface area contributed by atoms with Crippen molar-refractivity contribution in [3.63, 3.8) is 0 Å². The lowest BCUT2D eigenvalue weighted by Crippen LogP contribution is -2.38. The summed E-state index contributed by atoms with van der Waals surface area (Å²) in [7, 11) is 0. The molecule has 7 nitrogen and oxygen atoms in total. The predicted octanol–water partition coefficient (Wildman–Crippen LogP) is 3.50. The molecule has 2 aromatic heterocycles. The fraction of sp³-hybridized carbons (Fsp3) is 0.304. The molecule has 0 radical (unpaired) electrons. The zero-order valence-corrected chi connectivity index (χ0v) is 17.1. The number of guanidine groups is 1. The monoisotopic (exact) mass is 401 g/mol. The molecule has 1 aliphatic rings. The van der Waals surface area contributed by atoms with Gasteiger partial charge < -0.3 is 16.8 Å². The van der Waals surface area contributed by atoms with E-state index in [-0.39, 0.29) is 18.0 Å². The highest BCUT2D eigenvalue weighted by molar-refractivity contribution is 5.90. The molecule has 30 heavy (non-hydrogen) atoms. The third-order valence-electron chi connectivity index (χ3n) is 5.37. The van der Waals surface area contributed by atoms with Gasteiger partial charge in [0.2, 0.25) is 0 Å². The molecule has 1 saturated carbocycles. The van der Waals surface area contributed by atoms with Gasteiger partial charge in [0.1, 0.15) is 5.82 Å². The van der Waals surface area contributed by atoms with E-state index >= 15 is 0 Å². The number of nitrogens with two attached hydrogens (primary N) is 2. The summed E-state index contributed by atoms with van der Waals surface area (Å²) in [5, 5.41) is 4.64. The standard InChI is InChI=1S/C23H27N7/c1-15-6-8-18-17(14-15)22(28-19-4-2-3-5-20(19)29-23(24)25)30-21(27-18)9-7-16-10-12-26-13-11-16/h6-14,19-20H,2-5H2,1H3,(H4,24,25,29)(H,27,28,30)/b9-7-. The van der Waals surface area contributed by atoms with Crippen LogP contribution >= 0.6 is 0 Å². The Hall–Kier alpha value is -3.48. The number of aromatic nitrogens is 3. The van der Waals surface area contributed by atoms with E-state index < -0.39 is 0 Å². The molecular formula is C23H27N7. The Labute approximate surface area is 176 Å².